The molecule has 0 aliphatic rings. The molecule has 12 nitrogen and oxygen atoms in total. The molecule has 0 bridgehead atoms. The minimum absolute atomic E-state index is 0.0798. The second-order valence-corrected chi connectivity index (χ2v) is 8.15. The van der Waals surface area contributed by atoms with E-state index in [9.17, 15) is 22.8 Å². The third kappa shape index (κ3) is 11.1. The molecule has 34 heavy (non-hydrogen) atoms. The summed E-state index contributed by atoms with van der Waals surface area (Å²) in [5.41, 5.74) is 12.1. The summed E-state index contributed by atoms with van der Waals surface area (Å²) in [7, 11) is -2.46. The predicted molar refractivity (Wildman–Crippen MR) is 122 cm³/mol. The molecule has 0 radical (unpaired) electrons. The van der Waals surface area contributed by atoms with Crippen LogP contribution in [0.4, 0.5) is 5.69 Å². The molecular formula is C21H25N3O9S. The van der Waals surface area contributed by atoms with Crippen molar-refractivity contribution >= 4 is 39.7 Å². The maximum Gasteiger partial charge on any atom is 0.344 e. The molecule has 0 spiro atoms. The van der Waals surface area contributed by atoms with Gasteiger partial charge in [-0.25, -0.2) is 14.6 Å². The molecule has 13 heteroatoms. The summed E-state index contributed by atoms with van der Waals surface area (Å²) < 4.78 is 40.5. The van der Waals surface area contributed by atoms with Crippen molar-refractivity contribution in [2.45, 2.75) is 12.8 Å². The van der Waals surface area contributed by atoms with Crippen LogP contribution in [0.1, 0.15) is 28.8 Å². The summed E-state index contributed by atoms with van der Waals surface area (Å²) in [6.07, 6.45) is 0.715. The number of nitrogens with two attached hydrogens (primary N) is 2. The zero-order valence-electron chi connectivity index (χ0n) is 18.6. The molecule has 0 saturated heterocycles. The average molecular weight is 496 g/mol. The number of hydrogen-bond acceptors (Lipinski definition) is 9. The second-order valence-electron chi connectivity index (χ2n) is 6.68. The first-order valence-electron chi connectivity index (χ1n) is 9.48. The topological polar surface area (TPSA) is 198 Å². The molecule has 0 amide bonds. The van der Waals surface area contributed by atoms with Crippen LogP contribution >= 0.6 is 0 Å². The molecule has 0 aromatic heterocycles. The molecule has 1 unspecified atom stereocenters. The zero-order chi connectivity index (χ0) is 25.9. The monoisotopic (exact) mass is 495 g/mol. The largest absolute Gasteiger partial charge is 0.466 e. The number of nitrogens with zero attached hydrogens (tertiary/aromatic N) is 1. The van der Waals surface area contributed by atoms with E-state index < -0.39 is 40.6 Å². The van der Waals surface area contributed by atoms with E-state index in [4.69, 9.17) is 25.5 Å². The van der Waals surface area contributed by atoms with Gasteiger partial charge in [-0.15, -0.1) is 0 Å². The summed E-state index contributed by atoms with van der Waals surface area (Å²) in [5, 5.41) is 0. The lowest BCUT2D eigenvalue weighted by Gasteiger charge is -2.12. The highest BCUT2D eigenvalue weighted by Gasteiger charge is 2.18. The SMILES string of the molecule is COC(=O)COC(=O)C(C)c1ccc(OC(=O)c2ccc(N=C(N)N)cc2)cc1.CS(=O)(=O)O. The average Bonchev–Trinajstić information content (AvgIpc) is 2.76. The van der Waals surface area contributed by atoms with Gasteiger partial charge in [-0.05, 0) is 48.9 Å². The number of methoxy groups -OCH3 is 1. The van der Waals surface area contributed by atoms with Gasteiger partial charge in [0.15, 0.2) is 12.6 Å². The van der Waals surface area contributed by atoms with Gasteiger partial charge in [-0.2, -0.15) is 8.42 Å². The Balaban J connectivity index is 0.00000104. The Bertz CT molecular complexity index is 1120. The minimum Gasteiger partial charge on any atom is -0.466 e. The number of carbonyl (C=O) groups is 3. The van der Waals surface area contributed by atoms with Crippen molar-refractivity contribution in [1.82, 2.24) is 0 Å². The molecule has 0 heterocycles. The highest BCUT2D eigenvalue weighted by molar-refractivity contribution is 7.85. The highest BCUT2D eigenvalue weighted by atomic mass is 32.2. The maximum absolute atomic E-state index is 12.2. The lowest BCUT2D eigenvalue weighted by atomic mass is 10.0. The maximum atomic E-state index is 12.2. The third-order valence-corrected chi connectivity index (χ3v) is 3.87. The van der Waals surface area contributed by atoms with Crippen molar-refractivity contribution in [2.75, 3.05) is 20.0 Å². The van der Waals surface area contributed by atoms with Crippen LogP contribution in [-0.4, -0.2) is 56.8 Å². The number of hydrogen-bond donors (Lipinski definition) is 3. The smallest absolute Gasteiger partial charge is 0.344 e. The first kappa shape index (κ1) is 28.1. The lowest BCUT2D eigenvalue weighted by Crippen LogP contribution is -2.21. The van der Waals surface area contributed by atoms with E-state index in [-0.39, 0.29) is 5.96 Å². The van der Waals surface area contributed by atoms with Gasteiger partial charge in [-0.3, -0.25) is 9.35 Å². The molecule has 2 aromatic carbocycles. The quantitative estimate of drug-likeness (QED) is 0.164. The number of ether oxygens (including phenoxy) is 3. The fraction of sp³-hybridized carbons (Fsp3) is 0.238. The number of esters is 3. The molecule has 184 valence electrons. The van der Waals surface area contributed by atoms with Crippen LogP contribution in [0.2, 0.25) is 0 Å². The summed E-state index contributed by atoms with van der Waals surface area (Å²) in [4.78, 5) is 39.1. The number of benzene rings is 2. The van der Waals surface area contributed by atoms with Crippen LogP contribution in [0.15, 0.2) is 53.5 Å². The molecule has 2 rings (SSSR count). The molecule has 0 fully saturated rings. The fourth-order valence-electron chi connectivity index (χ4n) is 2.26. The second kappa shape index (κ2) is 12.9. The van der Waals surface area contributed by atoms with Gasteiger partial charge >= 0.3 is 17.9 Å². The van der Waals surface area contributed by atoms with Crippen molar-refractivity contribution in [2.24, 2.45) is 16.5 Å². The summed E-state index contributed by atoms with van der Waals surface area (Å²) >= 11 is 0. The Hall–Kier alpha value is -3.97. The molecule has 5 N–H and O–H groups in total. The van der Waals surface area contributed by atoms with Crippen LogP contribution in [0, 0.1) is 0 Å². The molecule has 0 aliphatic heterocycles. The predicted octanol–water partition coefficient (Wildman–Crippen LogP) is 1.13. The Labute approximate surface area is 196 Å². The Morgan fingerprint density at radius 1 is 1.03 bits per heavy atom. The first-order valence-corrected chi connectivity index (χ1v) is 11.3. The van der Waals surface area contributed by atoms with Crippen LogP contribution < -0.4 is 16.2 Å². The molecule has 0 aliphatic carbocycles. The summed E-state index contributed by atoms with van der Waals surface area (Å²) in [6, 6.07) is 12.6. The van der Waals surface area contributed by atoms with Crippen LogP contribution in [0.5, 0.6) is 5.75 Å². The Morgan fingerprint density at radius 3 is 2.03 bits per heavy atom. The van der Waals surface area contributed by atoms with E-state index >= 15 is 0 Å². The van der Waals surface area contributed by atoms with E-state index in [0.29, 0.717) is 28.8 Å². The van der Waals surface area contributed by atoms with E-state index in [1.165, 1.54) is 19.2 Å². The molecule has 2 aromatic rings. The van der Waals surface area contributed by atoms with Gasteiger partial charge in [-0.1, -0.05) is 12.1 Å². The van der Waals surface area contributed by atoms with Gasteiger partial charge in [0.1, 0.15) is 5.75 Å². The standard InChI is InChI=1S/C20H21N3O6.CH4O3S/c1-12(18(25)28-11-17(24)27-2)13-5-9-16(10-6-13)29-19(26)14-3-7-15(8-4-14)23-20(21)22;1-5(2,3)4/h3-10,12H,11H2,1-2H3,(H4,21,22,23);1H3,(H,2,3,4). The van der Waals surface area contributed by atoms with Gasteiger partial charge in [0.25, 0.3) is 10.1 Å². The van der Waals surface area contributed by atoms with Crippen molar-refractivity contribution in [1.29, 1.82) is 0 Å². The van der Waals surface area contributed by atoms with Gasteiger partial charge < -0.3 is 25.7 Å². The third-order valence-electron chi connectivity index (χ3n) is 3.87. The Morgan fingerprint density at radius 2 is 1.56 bits per heavy atom. The van der Waals surface area contributed by atoms with Crippen molar-refractivity contribution < 1.29 is 41.6 Å². The van der Waals surface area contributed by atoms with E-state index in [1.54, 1.807) is 43.3 Å². The summed E-state index contributed by atoms with van der Waals surface area (Å²) in [5.74, 6) is -2.14. The van der Waals surface area contributed by atoms with Crippen LogP contribution in [0.3, 0.4) is 0 Å². The minimum atomic E-state index is -3.67. The van der Waals surface area contributed by atoms with Crippen molar-refractivity contribution in [3.8, 4) is 5.75 Å². The van der Waals surface area contributed by atoms with Crippen molar-refractivity contribution in [3.05, 3.63) is 59.7 Å². The fourth-order valence-corrected chi connectivity index (χ4v) is 2.26. The van der Waals surface area contributed by atoms with Gasteiger partial charge in [0.05, 0.1) is 30.5 Å². The highest BCUT2D eigenvalue weighted by Crippen LogP contribution is 2.22. The van der Waals surface area contributed by atoms with E-state index in [1.807, 2.05) is 0 Å². The number of aliphatic imine (C=N–C) groups is 1. The first-order chi connectivity index (χ1) is 15.8. The lowest BCUT2D eigenvalue weighted by molar-refractivity contribution is -0.157. The number of carbonyl (C=O) groups excluding carboxylic acids is 3. The van der Waals surface area contributed by atoms with Gasteiger partial charge in [0.2, 0.25) is 0 Å². The number of guanidine groups is 1. The van der Waals surface area contributed by atoms with Crippen LogP contribution in [0.25, 0.3) is 0 Å². The van der Waals surface area contributed by atoms with Crippen LogP contribution in [-0.2, 0) is 29.2 Å². The number of rotatable bonds is 7. The molecule has 0 saturated carbocycles. The van der Waals surface area contributed by atoms with Crippen molar-refractivity contribution in [3.63, 3.8) is 0 Å². The van der Waals surface area contributed by atoms with E-state index in [0.717, 1.165) is 0 Å². The zero-order valence-corrected chi connectivity index (χ0v) is 19.4. The molecular weight excluding hydrogens is 470 g/mol. The molecule has 1 atom stereocenters. The normalized spacial score (nSPS) is 11.2. The van der Waals surface area contributed by atoms with Gasteiger partial charge in [0, 0.05) is 0 Å². The van der Waals surface area contributed by atoms with E-state index in [2.05, 4.69) is 9.73 Å². The Kier molecular flexibility index (Phi) is 10.7. The summed E-state index contributed by atoms with van der Waals surface area (Å²) in [6.45, 7) is 1.19.